The van der Waals surface area contributed by atoms with Gasteiger partial charge in [0.2, 0.25) is 11.8 Å². The van der Waals surface area contributed by atoms with Crippen molar-refractivity contribution in [3.05, 3.63) is 41.7 Å². The number of aromatic amines is 1. The van der Waals surface area contributed by atoms with E-state index in [4.69, 9.17) is 5.73 Å². The Kier molecular flexibility index (Phi) is 2.96. The minimum atomic E-state index is 0.363. The van der Waals surface area contributed by atoms with E-state index in [9.17, 15) is 0 Å². The Balaban J connectivity index is 1.80. The second-order valence-electron chi connectivity index (χ2n) is 4.19. The highest BCUT2D eigenvalue weighted by atomic mass is 15.5. The molecule has 0 spiro atoms. The molecule has 1 aromatic carbocycles. The van der Waals surface area contributed by atoms with Gasteiger partial charge in [0.05, 0.1) is 18.1 Å². The number of rotatable bonds is 3. The van der Waals surface area contributed by atoms with Gasteiger partial charge in [0.25, 0.3) is 0 Å². The second-order valence-corrected chi connectivity index (χ2v) is 4.19. The summed E-state index contributed by atoms with van der Waals surface area (Å²) in [7, 11) is 0. The molecule has 3 N–H and O–H groups in total. The molecule has 0 unspecified atom stereocenters. The van der Waals surface area contributed by atoms with E-state index in [1.165, 1.54) is 4.68 Å². The van der Waals surface area contributed by atoms with Gasteiger partial charge in [-0.3, -0.25) is 0 Å². The number of aryl methyl sites for hydroxylation is 1. The molecule has 8 nitrogen and oxygen atoms in total. The zero-order valence-electron chi connectivity index (χ0n) is 10.7. The van der Waals surface area contributed by atoms with Crippen LogP contribution in [-0.4, -0.2) is 36.5 Å². The first kappa shape index (κ1) is 12.0. The highest BCUT2D eigenvalue weighted by Crippen LogP contribution is 2.13. The van der Waals surface area contributed by atoms with Gasteiger partial charge in [0, 0.05) is 5.56 Å². The summed E-state index contributed by atoms with van der Waals surface area (Å²) in [6, 6.07) is 7.62. The lowest BCUT2D eigenvalue weighted by atomic mass is 10.1. The summed E-state index contributed by atoms with van der Waals surface area (Å²) in [6.07, 6.45) is 3.47. The number of tetrazole rings is 1. The standard InChI is InChI=1S/C12H12N8/c1-8-7-20(12(13)15-8)14-6-9-2-4-10(5-3-9)11-16-18-19-17-11/h2-7H,1H3,(H2,13,15)(H,16,17,18,19). The highest BCUT2D eigenvalue weighted by Gasteiger charge is 2.02. The predicted molar refractivity (Wildman–Crippen MR) is 74.0 cm³/mol. The number of aromatic nitrogens is 6. The zero-order valence-corrected chi connectivity index (χ0v) is 10.7. The molecule has 0 saturated carbocycles. The summed E-state index contributed by atoms with van der Waals surface area (Å²) in [5, 5.41) is 18.0. The molecule has 3 aromatic rings. The van der Waals surface area contributed by atoms with Crippen LogP contribution in [0.3, 0.4) is 0 Å². The van der Waals surface area contributed by atoms with Crippen molar-refractivity contribution in [1.29, 1.82) is 0 Å². The molecule has 0 aliphatic heterocycles. The van der Waals surface area contributed by atoms with Gasteiger partial charge >= 0.3 is 0 Å². The van der Waals surface area contributed by atoms with Gasteiger partial charge in [-0.25, -0.2) is 9.66 Å². The lowest BCUT2D eigenvalue weighted by molar-refractivity contribution is 0.881. The minimum Gasteiger partial charge on any atom is -0.368 e. The summed E-state index contributed by atoms with van der Waals surface area (Å²) in [4.78, 5) is 4.07. The lowest BCUT2D eigenvalue weighted by Gasteiger charge is -1.97. The van der Waals surface area contributed by atoms with Gasteiger partial charge in [-0.15, -0.1) is 10.2 Å². The Labute approximate surface area is 114 Å². The van der Waals surface area contributed by atoms with Crippen molar-refractivity contribution in [2.75, 3.05) is 5.73 Å². The van der Waals surface area contributed by atoms with E-state index in [1.54, 1.807) is 12.4 Å². The first-order valence-corrected chi connectivity index (χ1v) is 5.92. The number of nitrogens with two attached hydrogens (primary N) is 1. The number of anilines is 1. The SMILES string of the molecule is Cc1cn(N=Cc2ccc(-c3nn[nH]n3)cc2)c(N)n1. The van der Waals surface area contributed by atoms with Crippen molar-refractivity contribution in [3.63, 3.8) is 0 Å². The third-order valence-electron chi connectivity index (χ3n) is 2.68. The summed E-state index contributed by atoms with van der Waals surface area (Å²) in [6.45, 7) is 1.86. The number of benzene rings is 1. The molecule has 0 amide bonds. The summed E-state index contributed by atoms with van der Waals surface area (Å²) in [5.41, 5.74) is 8.35. The van der Waals surface area contributed by atoms with Crippen LogP contribution in [-0.2, 0) is 0 Å². The van der Waals surface area contributed by atoms with Gasteiger partial charge in [-0.2, -0.15) is 10.3 Å². The molecule has 2 aromatic heterocycles. The minimum absolute atomic E-state index is 0.363. The number of imidazole rings is 1. The van der Waals surface area contributed by atoms with E-state index in [1.807, 2.05) is 31.2 Å². The molecular formula is C12H12N8. The fraction of sp³-hybridized carbons (Fsp3) is 0.0833. The number of H-pyrrole nitrogens is 1. The van der Waals surface area contributed by atoms with Crippen molar-refractivity contribution in [1.82, 2.24) is 30.3 Å². The van der Waals surface area contributed by atoms with Gasteiger partial charge in [-0.05, 0) is 17.7 Å². The van der Waals surface area contributed by atoms with E-state index in [0.717, 1.165) is 16.8 Å². The van der Waals surface area contributed by atoms with E-state index in [2.05, 4.69) is 30.7 Å². The van der Waals surface area contributed by atoms with Crippen molar-refractivity contribution >= 4 is 12.2 Å². The van der Waals surface area contributed by atoms with Gasteiger partial charge < -0.3 is 5.73 Å². The van der Waals surface area contributed by atoms with Crippen molar-refractivity contribution in [2.24, 2.45) is 5.10 Å². The topological polar surface area (TPSA) is 111 Å². The van der Waals surface area contributed by atoms with Crippen molar-refractivity contribution in [2.45, 2.75) is 6.92 Å². The predicted octanol–water partition coefficient (Wildman–Crippen LogP) is 0.836. The molecule has 8 heteroatoms. The molecule has 100 valence electrons. The zero-order chi connectivity index (χ0) is 13.9. The Morgan fingerprint density at radius 1 is 1.30 bits per heavy atom. The second kappa shape index (κ2) is 4.92. The van der Waals surface area contributed by atoms with Crippen LogP contribution in [0.15, 0.2) is 35.6 Å². The van der Waals surface area contributed by atoms with Crippen molar-refractivity contribution in [3.8, 4) is 11.4 Å². The molecule has 0 aliphatic carbocycles. The Morgan fingerprint density at radius 2 is 2.10 bits per heavy atom. The fourth-order valence-electron chi connectivity index (χ4n) is 1.73. The normalized spacial score (nSPS) is 11.2. The molecule has 3 rings (SSSR count). The van der Waals surface area contributed by atoms with Gasteiger partial charge in [-0.1, -0.05) is 24.3 Å². The number of nitrogens with zero attached hydrogens (tertiary/aromatic N) is 6. The van der Waals surface area contributed by atoms with Crippen LogP contribution in [0.2, 0.25) is 0 Å². The van der Waals surface area contributed by atoms with Crippen LogP contribution in [0, 0.1) is 6.92 Å². The summed E-state index contributed by atoms with van der Waals surface area (Å²) < 4.78 is 1.53. The number of nitrogens with one attached hydrogen (secondary N) is 1. The maximum absolute atomic E-state index is 5.70. The average Bonchev–Trinajstić information content (AvgIpc) is 3.07. The van der Waals surface area contributed by atoms with E-state index in [-0.39, 0.29) is 0 Å². The molecule has 0 atom stereocenters. The van der Waals surface area contributed by atoms with Crippen LogP contribution in [0.4, 0.5) is 5.95 Å². The van der Waals surface area contributed by atoms with E-state index in [0.29, 0.717) is 11.8 Å². The van der Waals surface area contributed by atoms with Gasteiger partial charge in [0.15, 0.2) is 0 Å². The number of hydrogen-bond acceptors (Lipinski definition) is 6. The third kappa shape index (κ3) is 2.39. The lowest BCUT2D eigenvalue weighted by Crippen LogP contribution is -1.96. The fourth-order valence-corrected chi connectivity index (χ4v) is 1.73. The monoisotopic (exact) mass is 268 g/mol. The van der Waals surface area contributed by atoms with Crippen LogP contribution in [0.25, 0.3) is 11.4 Å². The van der Waals surface area contributed by atoms with E-state index >= 15 is 0 Å². The Hall–Kier alpha value is -3.03. The molecule has 0 aliphatic rings. The third-order valence-corrected chi connectivity index (χ3v) is 2.68. The Morgan fingerprint density at radius 3 is 2.70 bits per heavy atom. The molecule has 0 saturated heterocycles. The maximum Gasteiger partial charge on any atom is 0.221 e. The van der Waals surface area contributed by atoms with Crippen molar-refractivity contribution < 1.29 is 0 Å². The molecular weight excluding hydrogens is 256 g/mol. The molecule has 20 heavy (non-hydrogen) atoms. The molecule has 2 heterocycles. The number of hydrogen-bond donors (Lipinski definition) is 2. The number of nitrogen functional groups attached to an aromatic ring is 1. The largest absolute Gasteiger partial charge is 0.368 e. The quantitative estimate of drug-likeness (QED) is 0.684. The van der Waals surface area contributed by atoms with Crippen LogP contribution >= 0.6 is 0 Å². The average molecular weight is 268 g/mol. The Bertz CT molecular complexity index is 723. The summed E-state index contributed by atoms with van der Waals surface area (Å²) >= 11 is 0. The smallest absolute Gasteiger partial charge is 0.221 e. The van der Waals surface area contributed by atoms with E-state index < -0.39 is 0 Å². The van der Waals surface area contributed by atoms with Crippen LogP contribution in [0.5, 0.6) is 0 Å². The summed E-state index contributed by atoms with van der Waals surface area (Å²) in [5.74, 6) is 0.921. The first-order chi connectivity index (χ1) is 9.72. The molecule has 0 fully saturated rings. The van der Waals surface area contributed by atoms with Gasteiger partial charge in [0.1, 0.15) is 0 Å². The van der Waals surface area contributed by atoms with Crippen LogP contribution in [0.1, 0.15) is 11.3 Å². The molecule has 0 bridgehead atoms. The van der Waals surface area contributed by atoms with Crippen LogP contribution < -0.4 is 5.73 Å². The highest BCUT2D eigenvalue weighted by molar-refractivity contribution is 5.80. The molecule has 0 radical (unpaired) electrons. The first-order valence-electron chi connectivity index (χ1n) is 5.92. The maximum atomic E-state index is 5.70.